The van der Waals surface area contributed by atoms with E-state index in [1.165, 1.54) is 11.1 Å². The first-order chi connectivity index (χ1) is 12.3. The Morgan fingerprint density at radius 2 is 1.96 bits per heavy atom. The fraction of sp³-hybridized carbons (Fsp3) is 0.611. The van der Waals surface area contributed by atoms with Gasteiger partial charge in [0, 0.05) is 19.7 Å². The fourth-order valence-electron chi connectivity index (χ4n) is 3.63. The third-order valence-electron chi connectivity index (χ3n) is 5.01. The Labute approximate surface area is 147 Å². The van der Waals surface area contributed by atoms with E-state index in [1.807, 2.05) is 4.68 Å². The van der Waals surface area contributed by atoms with Gasteiger partial charge in [-0.2, -0.15) is 0 Å². The zero-order valence-electron chi connectivity index (χ0n) is 14.7. The Balaban J connectivity index is 1.65. The van der Waals surface area contributed by atoms with E-state index >= 15 is 0 Å². The molecule has 0 bridgehead atoms. The molecule has 0 amide bonds. The van der Waals surface area contributed by atoms with Crippen molar-refractivity contribution >= 4 is 0 Å². The van der Waals surface area contributed by atoms with Crippen LogP contribution >= 0.6 is 0 Å². The number of tetrazole rings is 1. The summed E-state index contributed by atoms with van der Waals surface area (Å²) in [5.41, 5.74) is 2.47. The molecule has 2 fully saturated rings. The minimum Gasteiger partial charge on any atom is -0.379 e. The van der Waals surface area contributed by atoms with Crippen molar-refractivity contribution in [3.8, 4) is 0 Å². The summed E-state index contributed by atoms with van der Waals surface area (Å²) in [6, 6.07) is 8.70. The summed E-state index contributed by atoms with van der Waals surface area (Å²) in [4.78, 5) is 2.41. The number of nitrogens with zero attached hydrogens (tertiary/aromatic N) is 5. The van der Waals surface area contributed by atoms with Crippen LogP contribution in [0.2, 0.25) is 0 Å². The molecular formula is C18H25N5O2. The lowest BCUT2D eigenvalue weighted by Crippen LogP contribution is -2.40. The molecule has 7 nitrogen and oxygen atoms in total. The maximum atomic E-state index is 5.78. The molecule has 1 aromatic heterocycles. The van der Waals surface area contributed by atoms with Crippen LogP contribution in [0.4, 0.5) is 0 Å². The third-order valence-corrected chi connectivity index (χ3v) is 5.01. The van der Waals surface area contributed by atoms with Gasteiger partial charge in [0.15, 0.2) is 5.82 Å². The first kappa shape index (κ1) is 16.6. The van der Waals surface area contributed by atoms with E-state index in [4.69, 9.17) is 9.47 Å². The second-order valence-corrected chi connectivity index (χ2v) is 6.82. The summed E-state index contributed by atoms with van der Waals surface area (Å²) < 4.78 is 13.2. The second-order valence-electron chi connectivity index (χ2n) is 6.82. The van der Waals surface area contributed by atoms with Crippen molar-refractivity contribution in [3.63, 3.8) is 0 Å². The Hall–Kier alpha value is -1.83. The summed E-state index contributed by atoms with van der Waals surface area (Å²) in [6.07, 6.45) is 2.41. The van der Waals surface area contributed by atoms with E-state index in [0.29, 0.717) is 0 Å². The van der Waals surface area contributed by atoms with Crippen molar-refractivity contribution in [1.29, 1.82) is 0 Å². The van der Waals surface area contributed by atoms with Crippen LogP contribution in [0.25, 0.3) is 0 Å². The van der Waals surface area contributed by atoms with Crippen LogP contribution in [-0.2, 0) is 16.0 Å². The largest absolute Gasteiger partial charge is 0.379 e. The first-order valence-corrected chi connectivity index (χ1v) is 9.07. The van der Waals surface area contributed by atoms with Crippen LogP contribution in [-0.4, -0.2) is 64.1 Å². The van der Waals surface area contributed by atoms with Crippen LogP contribution in [0.15, 0.2) is 24.3 Å². The zero-order chi connectivity index (χ0) is 17.1. The average Bonchev–Trinajstić information content (AvgIpc) is 3.31. The molecule has 0 saturated carbocycles. The number of ether oxygens (including phenoxy) is 2. The molecule has 0 N–H and O–H groups in total. The lowest BCUT2D eigenvalue weighted by atomic mass is 10.0. The Bertz CT molecular complexity index is 675. The van der Waals surface area contributed by atoms with Crippen LogP contribution in [0, 0.1) is 6.92 Å². The fourth-order valence-corrected chi connectivity index (χ4v) is 3.63. The summed E-state index contributed by atoms with van der Waals surface area (Å²) in [7, 11) is 0. The second kappa shape index (κ2) is 7.59. The van der Waals surface area contributed by atoms with Crippen molar-refractivity contribution in [3.05, 3.63) is 41.2 Å². The summed E-state index contributed by atoms with van der Waals surface area (Å²) in [5, 5.41) is 12.6. The standard InChI is InChI=1S/C18H25N5O2/c1-14-4-6-15(7-5-14)17(22-8-11-24-12-9-22)18-19-20-21-23(18)13-16-3-2-10-25-16/h4-7,16-17H,2-3,8-13H2,1H3. The highest BCUT2D eigenvalue weighted by molar-refractivity contribution is 5.28. The summed E-state index contributed by atoms with van der Waals surface area (Å²) in [6.45, 7) is 6.92. The molecule has 1 aromatic carbocycles. The number of aryl methyl sites for hydroxylation is 1. The van der Waals surface area contributed by atoms with Crippen LogP contribution in [0.1, 0.15) is 35.8 Å². The normalized spacial score (nSPS) is 23.0. The Morgan fingerprint density at radius 1 is 1.16 bits per heavy atom. The van der Waals surface area contributed by atoms with E-state index in [1.54, 1.807) is 0 Å². The predicted molar refractivity (Wildman–Crippen MR) is 92.2 cm³/mol. The van der Waals surface area contributed by atoms with E-state index in [-0.39, 0.29) is 12.1 Å². The molecule has 0 spiro atoms. The van der Waals surface area contributed by atoms with Crippen molar-refractivity contribution in [2.45, 2.75) is 38.5 Å². The highest BCUT2D eigenvalue weighted by Gasteiger charge is 2.30. The topological polar surface area (TPSA) is 65.3 Å². The predicted octanol–water partition coefficient (Wildman–Crippen LogP) is 1.58. The lowest BCUT2D eigenvalue weighted by Gasteiger charge is -2.34. The molecule has 0 aliphatic carbocycles. The summed E-state index contributed by atoms with van der Waals surface area (Å²) in [5.74, 6) is 0.890. The number of hydrogen-bond acceptors (Lipinski definition) is 6. The van der Waals surface area contributed by atoms with Gasteiger partial charge in [-0.25, -0.2) is 4.68 Å². The van der Waals surface area contributed by atoms with Gasteiger partial charge >= 0.3 is 0 Å². The minimum atomic E-state index is 0.0425. The number of rotatable bonds is 5. The molecule has 2 atom stereocenters. The van der Waals surface area contributed by atoms with Gasteiger partial charge in [-0.15, -0.1) is 5.10 Å². The highest BCUT2D eigenvalue weighted by Crippen LogP contribution is 2.28. The maximum absolute atomic E-state index is 5.78. The SMILES string of the molecule is Cc1ccc(C(c2nnnn2CC2CCCO2)N2CCOCC2)cc1. The third kappa shape index (κ3) is 3.73. The van der Waals surface area contributed by atoms with Crippen LogP contribution in [0.3, 0.4) is 0 Å². The quantitative estimate of drug-likeness (QED) is 0.821. The summed E-state index contributed by atoms with van der Waals surface area (Å²) >= 11 is 0. The maximum Gasteiger partial charge on any atom is 0.173 e. The van der Waals surface area contributed by atoms with Crippen molar-refractivity contribution in [1.82, 2.24) is 25.1 Å². The monoisotopic (exact) mass is 343 g/mol. The molecule has 2 aliphatic rings. The number of aromatic nitrogens is 4. The lowest BCUT2D eigenvalue weighted by molar-refractivity contribution is 0.0207. The smallest absolute Gasteiger partial charge is 0.173 e. The molecule has 134 valence electrons. The number of morpholine rings is 1. The van der Waals surface area contributed by atoms with Crippen LogP contribution in [0.5, 0.6) is 0 Å². The van der Waals surface area contributed by atoms with Gasteiger partial charge in [0.05, 0.1) is 31.9 Å². The van der Waals surface area contributed by atoms with Gasteiger partial charge < -0.3 is 9.47 Å². The number of hydrogen-bond donors (Lipinski definition) is 0. The zero-order valence-corrected chi connectivity index (χ0v) is 14.7. The molecule has 25 heavy (non-hydrogen) atoms. The average molecular weight is 343 g/mol. The molecule has 4 rings (SSSR count). The van der Waals surface area contributed by atoms with E-state index < -0.39 is 0 Å². The van der Waals surface area contributed by atoms with Crippen LogP contribution < -0.4 is 0 Å². The number of benzene rings is 1. The first-order valence-electron chi connectivity index (χ1n) is 9.07. The van der Waals surface area contributed by atoms with Gasteiger partial charge in [-0.1, -0.05) is 29.8 Å². The van der Waals surface area contributed by atoms with Gasteiger partial charge in [0.1, 0.15) is 0 Å². The van der Waals surface area contributed by atoms with Crippen molar-refractivity contribution in [2.24, 2.45) is 0 Å². The van der Waals surface area contributed by atoms with Gasteiger partial charge in [-0.3, -0.25) is 4.90 Å². The molecule has 7 heteroatoms. The Morgan fingerprint density at radius 3 is 2.68 bits per heavy atom. The molecule has 2 saturated heterocycles. The van der Waals surface area contributed by atoms with E-state index in [9.17, 15) is 0 Å². The highest BCUT2D eigenvalue weighted by atomic mass is 16.5. The molecule has 2 aliphatic heterocycles. The van der Waals surface area contributed by atoms with Crippen molar-refractivity contribution in [2.75, 3.05) is 32.9 Å². The Kier molecular flexibility index (Phi) is 5.05. The molecular weight excluding hydrogens is 318 g/mol. The molecule has 3 heterocycles. The minimum absolute atomic E-state index is 0.0425. The van der Waals surface area contributed by atoms with E-state index in [2.05, 4.69) is 51.6 Å². The van der Waals surface area contributed by atoms with E-state index in [0.717, 1.165) is 58.1 Å². The van der Waals surface area contributed by atoms with Gasteiger partial charge in [0.25, 0.3) is 0 Å². The van der Waals surface area contributed by atoms with Crippen molar-refractivity contribution < 1.29 is 9.47 Å². The molecule has 0 radical (unpaired) electrons. The molecule has 2 aromatic rings. The van der Waals surface area contributed by atoms with Gasteiger partial charge in [0.2, 0.25) is 0 Å². The van der Waals surface area contributed by atoms with Gasteiger partial charge in [-0.05, 0) is 35.8 Å². The molecule has 2 unspecified atom stereocenters.